The van der Waals surface area contributed by atoms with Crippen LogP contribution in [-0.4, -0.2) is 12.6 Å². The number of rotatable bonds is 7. The molecule has 0 amide bonds. The van der Waals surface area contributed by atoms with Crippen molar-refractivity contribution < 1.29 is 9.53 Å². The number of carbonyl (C=O) groups excluding carboxylic acids is 1. The van der Waals surface area contributed by atoms with Crippen LogP contribution in [0.4, 0.5) is 0 Å². The SMILES string of the molecule is C=CC(=O)OCCCCCC.C=Cc1cccc2ccccc12. The number of unbranched alkanes of at least 4 members (excludes halogenated alkanes) is 3. The van der Waals surface area contributed by atoms with Gasteiger partial charge in [-0.25, -0.2) is 4.79 Å². The average molecular weight is 310 g/mol. The second-order valence-corrected chi connectivity index (χ2v) is 5.20. The Kier molecular flexibility index (Phi) is 9.14. The van der Waals surface area contributed by atoms with Crippen molar-refractivity contribution in [2.75, 3.05) is 6.61 Å². The molecule has 0 spiro atoms. The third-order valence-corrected chi connectivity index (χ3v) is 3.45. The van der Waals surface area contributed by atoms with Gasteiger partial charge in [0.1, 0.15) is 0 Å². The number of hydrogen-bond acceptors (Lipinski definition) is 2. The van der Waals surface area contributed by atoms with Crippen molar-refractivity contribution in [2.45, 2.75) is 32.6 Å². The average Bonchev–Trinajstić information content (AvgIpc) is 2.61. The molecule has 2 aromatic carbocycles. The maximum atomic E-state index is 10.5. The quantitative estimate of drug-likeness (QED) is 0.368. The molecule has 0 aliphatic carbocycles. The Morgan fingerprint density at radius 1 is 1.04 bits per heavy atom. The topological polar surface area (TPSA) is 26.3 Å². The molecule has 2 aromatic rings. The molecule has 2 nitrogen and oxygen atoms in total. The summed E-state index contributed by atoms with van der Waals surface area (Å²) >= 11 is 0. The van der Waals surface area contributed by atoms with Gasteiger partial charge in [-0.05, 0) is 22.8 Å². The first-order chi connectivity index (χ1) is 11.2. The molecule has 0 unspecified atom stereocenters. The lowest BCUT2D eigenvalue weighted by Crippen LogP contribution is -2.01. The van der Waals surface area contributed by atoms with Crippen LogP contribution in [0.1, 0.15) is 38.2 Å². The molecule has 0 N–H and O–H groups in total. The summed E-state index contributed by atoms with van der Waals surface area (Å²) in [6.45, 7) is 9.76. The van der Waals surface area contributed by atoms with E-state index in [1.807, 2.05) is 6.08 Å². The fourth-order valence-electron chi connectivity index (χ4n) is 2.19. The molecule has 0 atom stereocenters. The fraction of sp³-hybridized carbons (Fsp3) is 0.286. The van der Waals surface area contributed by atoms with Crippen molar-refractivity contribution in [1.82, 2.24) is 0 Å². The van der Waals surface area contributed by atoms with Gasteiger partial charge in [-0.3, -0.25) is 0 Å². The van der Waals surface area contributed by atoms with Gasteiger partial charge >= 0.3 is 5.97 Å². The largest absolute Gasteiger partial charge is 0.463 e. The van der Waals surface area contributed by atoms with Crippen LogP contribution in [0.5, 0.6) is 0 Å². The van der Waals surface area contributed by atoms with Gasteiger partial charge in [-0.15, -0.1) is 0 Å². The Labute approximate surface area is 139 Å². The zero-order valence-electron chi connectivity index (χ0n) is 14.0. The van der Waals surface area contributed by atoms with Gasteiger partial charge in [0.25, 0.3) is 0 Å². The third-order valence-electron chi connectivity index (χ3n) is 3.45. The van der Waals surface area contributed by atoms with Gasteiger partial charge in [-0.1, -0.05) is 87.9 Å². The van der Waals surface area contributed by atoms with Crippen molar-refractivity contribution in [1.29, 1.82) is 0 Å². The number of benzene rings is 2. The molecule has 0 bridgehead atoms. The van der Waals surface area contributed by atoms with Crippen LogP contribution in [0.25, 0.3) is 16.8 Å². The predicted octanol–water partition coefficient (Wildman–Crippen LogP) is 5.78. The third kappa shape index (κ3) is 6.96. The van der Waals surface area contributed by atoms with Gasteiger partial charge in [0.15, 0.2) is 0 Å². The molecule has 0 aliphatic rings. The number of esters is 1. The normalized spacial score (nSPS) is 9.61. The van der Waals surface area contributed by atoms with E-state index in [9.17, 15) is 4.79 Å². The van der Waals surface area contributed by atoms with Crippen LogP contribution >= 0.6 is 0 Å². The number of fused-ring (bicyclic) bond motifs is 1. The van der Waals surface area contributed by atoms with E-state index in [0.717, 1.165) is 12.8 Å². The van der Waals surface area contributed by atoms with Crippen molar-refractivity contribution in [2.24, 2.45) is 0 Å². The first kappa shape index (κ1) is 18.7. The zero-order chi connectivity index (χ0) is 16.9. The van der Waals surface area contributed by atoms with E-state index in [1.54, 1.807) is 0 Å². The summed E-state index contributed by atoms with van der Waals surface area (Å²) in [7, 11) is 0. The van der Waals surface area contributed by atoms with E-state index in [4.69, 9.17) is 4.74 Å². The molecule has 0 heterocycles. The van der Waals surface area contributed by atoms with Gasteiger partial charge < -0.3 is 4.74 Å². The lowest BCUT2D eigenvalue weighted by atomic mass is 10.1. The Bertz CT molecular complexity index is 623. The highest BCUT2D eigenvalue weighted by Gasteiger charge is 1.94. The summed E-state index contributed by atoms with van der Waals surface area (Å²) in [5.74, 6) is -0.318. The highest BCUT2D eigenvalue weighted by molar-refractivity contribution is 5.90. The molecular formula is C21H26O2. The van der Waals surface area contributed by atoms with Gasteiger partial charge in [0.05, 0.1) is 6.61 Å². The minimum absolute atomic E-state index is 0.318. The maximum absolute atomic E-state index is 10.5. The molecule has 0 fully saturated rings. The highest BCUT2D eigenvalue weighted by atomic mass is 16.5. The number of hydrogen-bond donors (Lipinski definition) is 0. The molecule has 23 heavy (non-hydrogen) atoms. The lowest BCUT2D eigenvalue weighted by molar-refractivity contribution is -0.137. The Morgan fingerprint density at radius 2 is 1.78 bits per heavy atom. The van der Waals surface area contributed by atoms with Crippen LogP contribution in [-0.2, 0) is 9.53 Å². The minimum atomic E-state index is -0.318. The molecule has 122 valence electrons. The van der Waals surface area contributed by atoms with E-state index in [-0.39, 0.29) is 5.97 Å². The molecule has 0 saturated carbocycles. The molecule has 0 radical (unpaired) electrons. The van der Waals surface area contributed by atoms with E-state index < -0.39 is 0 Å². The van der Waals surface area contributed by atoms with Crippen LogP contribution in [0.3, 0.4) is 0 Å². The maximum Gasteiger partial charge on any atom is 0.330 e. The second-order valence-electron chi connectivity index (χ2n) is 5.20. The van der Waals surface area contributed by atoms with Crippen LogP contribution in [0, 0.1) is 0 Å². The first-order valence-electron chi connectivity index (χ1n) is 8.12. The van der Waals surface area contributed by atoms with E-state index in [2.05, 4.69) is 62.5 Å². The highest BCUT2D eigenvalue weighted by Crippen LogP contribution is 2.18. The predicted molar refractivity (Wildman–Crippen MR) is 99.3 cm³/mol. The van der Waals surface area contributed by atoms with E-state index >= 15 is 0 Å². The summed E-state index contributed by atoms with van der Waals surface area (Å²) in [6, 6.07) is 14.6. The molecule has 0 saturated heterocycles. The van der Waals surface area contributed by atoms with Crippen molar-refractivity contribution in [3.63, 3.8) is 0 Å². The molecule has 2 rings (SSSR count). The first-order valence-corrected chi connectivity index (χ1v) is 8.12. The zero-order valence-corrected chi connectivity index (χ0v) is 14.0. The lowest BCUT2D eigenvalue weighted by Gasteiger charge is -1.99. The standard InChI is InChI=1S/C12H10.C9H16O2/c1-2-10-7-5-8-11-6-3-4-9-12(10)11;1-3-5-6-7-8-11-9(10)4-2/h2-9H,1H2;4H,2-3,5-8H2,1H3. The Balaban J connectivity index is 0.000000232. The van der Waals surface area contributed by atoms with Crippen molar-refractivity contribution in [3.05, 3.63) is 67.3 Å². The van der Waals surface area contributed by atoms with Gasteiger partial charge in [0, 0.05) is 6.08 Å². The summed E-state index contributed by atoms with van der Waals surface area (Å²) in [6.07, 6.45) is 7.61. The Hall–Kier alpha value is -2.35. The monoisotopic (exact) mass is 310 g/mol. The molecule has 0 aromatic heterocycles. The van der Waals surface area contributed by atoms with Crippen molar-refractivity contribution >= 4 is 22.8 Å². The van der Waals surface area contributed by atoms with Crippen LogP contribution in [0.2, 0.25) is 0 Å². The molecule has 0 aliphatic heterocycles. The minimum Gasteiger partial charge on any atom is -0.463 e. The fourth-order valence-corrected chi connectivity index (χ4v) is 2.19. The molecule has 2 heteroatoms. The number of carbonyl (C=O) groups is 1. The number of ether oxygens (including phenoxy) is 1. The Morgan fingerprint density at radius 3 is 2.48 bits per heavy atom. The second kappa shape index (κ2) is 11.2. The van der Waals surface area contributed by atoms with Crippen LogP contribution < -0.4 is 0 Å². The summed E-state index contributed by atoms with van der Waals surface area (Å²) in [5.41, 5.74) is 1.20. The van der Waals surface area contributed by atoms with Crippen molar-refractivity contribution in [3.8, 4) is 0 Å². The van der Waals surface area contributed by atoms with Gasteiger partial charge in [-0.2, -0.15) is 0 Å². The smallest absolute Gasteiger partial charge is 0.330 e. The van der Waals surface area contributed by atoms with E-state index in [0.29, 0.717) is 6.61 Å². The summed E-state index contributed by atoms with van der Waals surface area (Å²) < 4.78 is 4.78. The van der Waals surface area contributed by atoms with E-state index in [1.165, 1.54) is 35.3 Å². The summed E-state index contributed by atoms with van der Waals surface area (Å²) in [4.78, 5) is 10.5. The van der Waals surface area contributed by atoms with Gasteiger partial charge in [0.2, 0.25) is 0 Å². The summed E-state index contributed by atoms with van der Waals surface area (Å²) in [5, 5.41) is 2.55. The van der Waals surface area contributed by atoms with Crippen LogP contribution in [0.15, 0.2) is 61.7 Å². The molecular weight excluding hydrogens is 284 g/mol.